The van der Waals surface area contributed by atoms with E-state index in [0.29, 0.717) is 13.1 Å². The maximum Gasteiger partial charge on any atom is 0.276 e. The van der Waals surface area contributed by atoms with Crippen molar-refractivity contribution < 1.29 is 8.42 Å². The normalized spacial score (nSPS) is 13.0. The van der Waals surface area contributed by atoms with Crippen molar-refractivity contribution in [2.75, 3.05) is 32.7 Å². The Bertz CT molecular complexity index is 274. The van der Waals surface area contributed by atoms with Crippen molar-refractivity contribution in [1.29, 1.82) is 0 Å². The third-order valence-electron chi connectivity index (χ3n) is 2.49. The molecule has 0 amide bonds. The lowest BCUT2D eigenvalue weighted by Gasteiger charge is -2.25. The van der Waals surface area contributed by atoms with Crippen LogP contribution in [0.15, 0.2) is 0 Å². The highest BCUT2D eigenvalue weighted by molar-refractivity contribution is 7.86. The van der Waals surface area contributed by atoms with E-state index in [1.54, 1.807) is 0 Å². The summed E-state index contributed by atoms with van der Waals surface area (Å²) in [4.78, 5) is 2.18. The lowest BCUT2D eigenvalue weighted by atomic mass is 10.2. The molecule has 2 N–H and O–H groups in total. The Morgan fingerprint density at radius 3 is 1.94 bits per heavy atom. The van der Waals surface area contributed by atoms with Gasteiger partial charge in [-0.05, 0) is 19.0 Å². The van der Waals surface area contributed by atoms with Crippen LogP contribution in [-0.4, -0.2) is 50.3 Å². The Morgan fingerprint density at radius 2 is 1.62 bits per heavy atom. The predicted molar refractivity (Wildman–Crippen MR) is 67.3 cm³/mol. The van der Waals surface area contributed by atoms with Crippen molar-refractivity contribution in [1.82, 2.24) is 9.21 Å². The summed E-state index contributed by atoms with van der Waals surface area (Å²) in [5.41, 5.74) is 0. The smallest absolute Gasteiger partial charge is 0.276 e. The van der Waals surface area contributed by atoms with Crippen LogP contribution in [0.2, 0.25) is 0 Å². The van der Waals surface area contributed by atoms with Crippen LogP contribution >= 0.6 is 0 Å². The molecule has 0 radical (unpaired) electrons. The first kappa shape index (κ1) is 15.8. The highest BCUT2D eigenvalue weighted by Gasteiger charge is 2.18. The van der Waals surface area contributed by atoms with E-state index in [0.717, 1.165) is 19.6 Å². The van der Waals surface area contributed by atoms with Gasteiger partial charge in [0, 0.05) is 19.6 Å². The number of nitrogens with zero attached hydrogens (tertiary/aromatic N) is 2. The molecule has 0 aromatic carbocycles. The monoisotopic (exact) mass is 251 g/mol. The van der Waals surface area contributed by atoms with Gasteiger partial charge in [0.25, 0.3) is 10.2 Å². The second kappa shape index (κ2) is 7.21. The average molecular weight is 251 g/mol. The highest BCUT2D eigenvalue weighted by Crippen LogP contribution is 2.02. The van der Waals surface area contributed by atoms with Crippen LogP contribution in [0.1, 0.15) is 27.7 Å². The number of nitrogens with two attached hydrogens (primary N) is 1. The molecule has 0 spiro atoms. The maximum absolute atomic E-state index is 11.3. The van der Waals surface area contributed by atoms with Crippen LogP contribution in [0.3, 0.4) is 0 Å². The van der Waals surface area contributed by atoms with Crippen molar-refractivity contribution in [3.63, 3.8) is 0 Å². The van der Waals surface area contributed by atoms with Crippen LogP contribution in [0, 0.1) is 5.92 Å². The molecule has 0 saturated heterocycles. The molecule has 0 aliphatic rings. The highest BCUT2D eigenvalue weighted by atomic mass is 32.2. The summed E-state index contributed by atoms with van der Waals surface area (Å²) in [5.74, 6) is 0.287. The fourth-order valence-electron chi connectivity index (χ4n) is 1.52. The second-order valence-electron chi connectivity index (χ2n) is 4.32. The Balaban J connectivity index is 4.34. The lowest BCUT2D eigenvalue weighted by Crippen LogP contribution is -2.43. The number of rotatable bonds is 8. The Hall–Kier alpha value is -0.170. The number of hydrogen-bond donors (Lipinski definition) is 1. The zero-order valence-electron chi connectivity index (χ0n) is 10.8. The van der Waals surface area contributed by atoms with Crippen LogP contribution in [0.4, 0.5) is 0 Å². The molecule has 5 nitrogen and oxygen atoms in total. The molecule has 0 fully saturated rings. The van der Waals surface area contributed by atoms with Crippen LogP contribution in [0.25, 0.3) is 0 Å². The topological polar surface area (TPSA) is 66.6 Å². The van der Waals surface area contributed by atoms with E-state index in [1.807, 2.05) is 13.8 Å². The van der Waals surface area contributed by atoms with Gasteiger partial charge >= 0.3 is 0 Å². The fraction of sp³-hybridized carbons (Fsp3) is 1.00. The first-order valence-electron chi connectivity index (χ1n) is 5.81. The van der Waals surface area contributed by atoms with Crippen LogP contribution in [-0.2, 0) is 10.2 Å². The molecular weight excluding hydrogens is 226 g/mol. The summed E-state index contributed by atoms with van der Waals surface area (Å²) in [6.45, 7) is 11.6. The third kappa shape index (κ3) is 6.42. The number of likely N-dealkylation sites (N-methyl/N-ethyl adjacent to an activating group) is 1. The zero-order chi connectivity index (χ0) is 12.8. The molecule has 0 unspecified atom stereocenters. The van der Waals surface area contributed by atoms with Gasteiger partial charge in [0.15, 0.2) is 0 Å². The largest absolute Gasteiger partial charge is 0.303 e. The summed E-state index contributed by atoms with van der Waals surface area (Å²) in [5, 5.41) is 5.18. The molecule has 0 atom stereocenters. The molecule has 98 valence electrons. The minimum absolute atomic E-state index is 0.287. The van der Waals surface area contributed by atoms with Crippen molar-refractivity contribution in [2.24, 2.45) is 11.1 Å². The van der Waals surface area contributed by atoms with Crippen LogP contribution < -0.4 is 5.14 Å². The Labute approximate surface area is 99.8 Å². The summed E-state index contributed by atoms with van der Waals surface area (Å²) >= 11 is 0. The second-order valence-corrected chi connectivity index (χ2v) is 5.87. The van der Waals surface area contributed by atoms with Crippen LogP contribution in [0.5, 0.6) is 0 Å². The molecule has 0 rings (SSSR count). The van der Waals surface area contributed by atoms with E-state index in [9.17, 15) is 8.42 Å². The quantitative estimate of drug-likeness (QED) is 0.683. The van der Waals surface area contributed by atoms with E-state index in [2.05, 4.69) is 18.7 Å². The van der Waals surface area contributed by atoms with Crippen molar-refractivity contribution in [2.45, 2.75) is 27.7 Å². The summed E-state index contributed by atoms with van der Waals surface area (Å²) in [6.07, 6.45) is 0. The van der Waals surface area contributed by atoms with Gasteiger partial charge in [-0.25, -0.2) is 5.14 Å². The average Bonchev–Trinajstić information content (AvgIpc) is 2.15. The van der Waals surface area contributed by atoms with Crippen molar-refractivity contribution in [3.05, 3.63) is 0 Å². The predicted octanol–water partition coefficient (Wildman–Crippen LogP) is 0.490. The molecule has 0 bridgehead atoms. The molecule has 0 aromatic heterocycles. The van der Waals surface area contributed by atoms with Gasteiger partial charge in [0.2, 0.25) is 0 Å². The SMILES string of the molecule is CCN(CC)CCN(CC(C)C)S(N)(=O)=O. The van der Waals surface area contributed by atoms with Crippen molar-refractivity contribution >= 4 is 10.2 Å². The molecule has 0 aliphatic heterocycles. The molecule has 6 heteroatoms. The molecule has 0 aliphatic carbocycles. The first-order valence-corrected chi connectivity index (χ1v) is 7.31. The van der Waals surface area contributed by atoms with Gasteiger partial charge in [-0.15, -0.1) is 0 Å². The summed E-state index contributed by atoms with van der Waals surface area (Å²) < 4.78 is 24.0. The van der Waals surface area contributed by atoms with Gasteiger partial charge in [0.05, 0.1) is 0 Å². The van der Waals surface area contributed by atoms with Gasteiger partial charge in [-0.3, -0.25) is 0 Å². The molecular formula is C10H25N3O2S. The molecule has 16 heavy (non-hydrogen) atoms. The van der Waals surface area contributed by atoms with E-state index in [4.69, 9.17) is 5.14 Å². The van der Waals surface area contributed by atoms with E-state index in [1.165, 1.54) is 4.31 Å². The van der Waals surface area contributed by atoms with E-state index in [-0.39, 0.29) is 5.92 Å². The molecule has 0 saturated carbocycles. The number of hydrogen-bond acceptors (Lipinski definition) is 3. The van der Waals surface area contributed by atoms with Gasteiger partial charge in [-0.2, -0.15) is 12.7 Å². The maximum atomic E-state index is 11.3. The summed E-state index contributed by atoms with van der Waals surface area (Å²) in [7, 11) is -3.57. The Morgan fingerprint density at radius 1 is 1.12 bits per heavy atom. The summed E-state index contributed by atoms with van der Waals surface area (Å²) in [6, 6.07) is 0. The minimum Gasteiger partial charge on any atom is -0.303 e. The standard InChI is InChI=1S/C10H25N3O2S/c1-5-12(6-2)7-8-13(9-10(3)4)16(11,14)15/h10H,5-9H2,1-4H3,(H2,11,14,15). The first-order chi connectivity index (χ1) is 7.31. The van der Waals surface area contributed by atoms with Crippen molar-refractivity contribution in [3.8, 4) is 0 Å². The lowest BCUT2D eigenvalue weighted by molar-refractivity contribution is 0.262. The van der Waals surface area contributed by atoms with E-state index >= 15 is 0 Å². The third-order valence-corrected chi connectivity index (χ3v) is 3.54. The minimum atomic E-state index is -3.57. The fourth-order valence-corrected chi connectivity index (χ4v) is 2.36. The molecule has 0 aromatic rings. The van der Waals surface area contributed by atoms with Gasteiger partial charge in [-0.1, -0.05) is 27.7 Å². The van der Waals surface area contributed by atoms with E-state index < -0.39 is 10.2 Å². The van der Waals surface area contributed by atoms with Gasteiger partial charge in [0.1, 0.15) is 0 Å². The Kier molecular flexibility index (Phi) is 7.14. The molecule has 0 heterocycles. The van der Waals surface area contributed by atoms with Gasteiger partial charge < -0.3 is 4.90 Å². The zero-order valence-corrected chi connectivity index (χ0v) is 11.6.